The van der Waals surface area contributed by atoms with Gasteiger partial charge < -0.3 is 15.2 Å². The molecule has 110 valence electrons. The third-order valence-corrected chi connectivity index (χ3v) is 3.89. The van der Waals surface area contributed by atoms with E-state index in [1.807, 2.05) is 24.3 Å². The first kappa shape index (κ1) is 14.1. The largest absolute Gasteiger partial charge is 0.493 e. The topological polar surface area (TPSA) is 41.5 Å². The van der Waals surface area contributed by atoms with Gasteiger partial charge in [-0.25, -0.2) is 0 Å². The van der Waals surface area contributed by atoms with Gasteiger partial charge in [-0.2, -0.15) is 0 Å². The highest BCUT2D eigenvalue weighted by atomic mass is 16.5. The maximum atomic E-state index is 9.54. The second-order valence-electron chi connectivity index (χ2n) is 5.49. The molecule has 0 bridgehead atoms. The quantitative estimate of drug-likeness (QED) is 0.855. The Balaban J connectivity index is 1.58. The van der Waals surface area contributed by atoms with E-state index in [-0.39, 0.29) is 12.6 Å². The number of hydrogen-bond donors (Lipinski definition) is 2. The summed E-state index contributed by atoms with van der Waals surface area (Å²) in [5.41, 5.74) is 3.77. The number of hydrogen-bond acceptors (Lipinski definition) is 3. The monoisotopic (exact) mass is 283 g/mol. The van der Waals surface area contributed by atoms with Crippen LogP contribution in [0.5, 0.6) is 5.75 Å². The molecule has 1 aliphatic heterocycles. The zero-order valence-electron chi connectivity index (χ0n) is 12.1. The molecule has 2 aromatic rings. The molecular weight excluding hydrogens is 262 g/mol. The maximum Gasteiger partial charge on any atom is 0.122 e. The normalized spacial score (nSPS) is 14.5. The van der Waals surface area contributed by atoms with Crippen molar-refractivity contribution in [3.63, 3.8) is 0 Å². The Labute approximate surface area is 125 Å². The van der Waals surface area contributed by atoms with Crippen molar-refractivity contribution in [1.29, 1.82) is 0 Å². The number of fused-ring (bicyclic) bond motifs is 1. The van der Waals surface area contributed by atoms with E-state index >= 15 is 0 Å². The van der Waals surface area contributed by atoms with E-state index in [1.165, 1.54) is 16.7 Å². The predicted octanol–water partition coefficient (Wildman–Crippen LogP) is 2.31. The summed E-state index contributed by atoms with van der Waals surface area (Å²) in [6.45, 7) is 1.70. The number of aliphatic hydroxyl groups excluding tert-OH is 1. The van der Waals surface area contributed by atoms with Crippen LogP contribution in [0.4, 0.5) is 0 Å². The van der Waals surface area contributed by atoms with Gasteiger partial charge in [0.1, 0.15) is 5.75 Å². The van der Waals surface area contributed by atoms with E-state index in [2.05, 4.69) is 29.6 Å². The van der Waals surface area contributed by atoms with Crippen LogP contribution in [0.3, 0.4) is 0 Å². The fraction of sp³-hybridized carbons (Fsp3) is 0.333. The van der Waals surface area contributed by atoms with Crippen LogP contribution in [-0.2, 0) is 19.4 Å². The third-order valence-electron chi connectivity index (χ3n) is 3.89. The molecule has 2 aromatic carbocycles. The number of rotatable bonds is 6. The van der Waals surface area contributed by atoms with E-state index in [0.717, 1.165) is 31.7 Å². The minimum atomic E-state index is 0.0805. The van der Waals surface area contributed by atoms with E-state index in [1.54, 1.807) is 0 Å². The second-order valence-corrected chi connectivity index (χ2v) is 5.49. The van der Waals surface area contributed by atoms with Crippen LogP contribution in [0.1, 0.15) is 16.7 Å². The Morgan fingerprint density at radius 3 is 2.76 bits per heavy atom. The molecular formula is C18H21NO2. The van der Waals surface area contributed by atoms with Crippen molar-refractivity contribution in [3.8, 4) is 5.75 Å². The molecule has 0 aliphatic carbocycles. The minimum Gasteiger partial charge on any atom is -0.493 e. The predicted molar refractivity (Wildman–Crippen MR) is 83.5 cm³/mol. The Morgan fingerprint density at radius 2 is 1.95 bits per heavy atom. The summed E-state index contributed by atoms with van der Waals surface area (Å²) in [5, 5.41) is 13.0. The van der Waals surface area contributed by atoms with Gasteiger partial charge in [0.15, 0.2) is 0 Å². The van der Waals surface area contributed by atoms with Crippen molar-refractivity contribution in [3.05, 3.63) is 65.2 Å². The van der Waals surface area contributed by atoms with Crippen molar-refractivity contribution < 1.29 is 9.84 Å². The zero-order valence-corrected chi connectivity index (χ0v) is 12.1. The summed E-state index contributed by atoms with van der Waals surface area (Å²) in [7, 11) is 0. The lowest BCUT2D eigenvalue weighted by Crippen LogP contribution is -2.34. The van der Waals surface area contributed by atoms with Gasteiger partial charge in [0, 0.05) is 19.0 Å². The van der Waals surface area contributed by atoms with E-state index in [4.69, 9.17) is 4.74 Å². The van der Waals surface area contributed by atoms with Crippen LogP contribution < -0.4 is 10.1 Å². The van der Waals surface area contributed by atoms with Crippen LogP contribution in [0, 0.1) is 0 Å². The molecule has 3 nitrogen and oxygen atoms in total. The fourth-order valence-electron chi connectivity index (χ4n) is 2.71. The average molecular weight is 283 g/mol. The van der Waals surface area contributed by atoms with E-state index < -0.39 is 0 Å². The van der Waals surface area contributed by atoms with Gasteiger partial charge in [0.05, 0.1) is 13.2 Å². The lowest BCUT2D eigenvalue weighted by atomic mass is 10.1. The van der Waals surface area contributed by atoms with Gasteiger partial charge in [-0.1, -0.05) is 42.5 Å². The molecule has 1 heterocycles. The first-order valence-corrected chi connectivity index (χ1v) is 7.48. The molecule has 0 fully saturated rings. The van der Waals surface area contributed by atoms with Gasteiger partial charge in [-0.15, -0.1) is 0 Å². The first-order chi connectivity index (χ1) is 10.3. The Kier molecular flexibility index (Phi) is 4.53. The van der Waals surface area contributed by atoms with Crippen LogP contribution in [0.25, 0.3) is 0 Å². The third kappa shape index (κ3) is 3.63. The standard InChI is InChI=1S/C18H21NO2/c20-13-17(11-14-4-2-1-3-5-14)19-12-15-6-7-18-16(10-15)8-9-21-18/h1-7,10,17,19-20H,8-9,11-13H2/t17-/m1/s1. The molecule has 0 aromatic heterocycles. The van der Waals surface area contributed by atoms with Crippen molar-refractivity contribution >= 4 is 0 Å². The molecule has 0 spiro atoms. The average Bonchev–Trinajstić information content (AvgIpc) is 3.00. The van der Waals surface area contributed by atoms with Crippen LogP contribution >= 0.6 is 0 Å². The summed E-state index contributed by atoms with van der Waals surface area (Å²) >= 11 is 0. The summed E-state index contributed by atoms with van der Waals surface area (Å²) in [5.74, 6) is 1.02. The molecule has 0 radical (unpaired) electrons. The molecule has 0 amide bonds. The summed E-state index contributed by atoms with van der Waals surface area (Å²) in [6, 6.07) is 16.7. The lowest BCUT2D eigenvalue weighted by Gasteiger charge is -2.16. The van der Waals surface area contributed by atoms with Gasteiger partial charge >= 0.3 is 0 Å². The number of nitrogens with one attached hydrogen (secondary N) is 1. The molecule has 3 heteroatoms. The van der Waals surface area contributed by atoms with Gasteiger partial charge in [0.2, 0.25) is 0 Å². The van der Waals surface area contributed by atoms with Gasteiger partial charge in [0.25, 0.3) is 0 Å². The van der Waals surface area contributed by atoms with Gasteiger partial charge in [-0.05, 0) is 29.2 Å². The Morgan fingerprint density at radius 1 is 1.10 bits per heavy atom. The molecule has 1 aliphatic rings. The number of ether oxygens (including phenoxy) is 1. The molecule has 0 saturated carbocycles. The first-order valence-electron chi connectivity index (χ1n) is 7.48. The zero-order chi connectivity index (χ0) is 14.5. The van der Waals surface area contributed by atoms with Crippen molar-refractivity contribution in [2.45, 2.75) is 25.4 Å². The van der Waals surface area contributed by atoms with Crippen LogP contribution in [0.2, 0.25) is 0 Å². The molecule has 1 atom stereocenters. The van der Waals surface area contributed by atoms with Crippen LogP contribution in [-0.4, -0.2) is 24.4 Å². The second kappa shape index (κ2) is 6.74. The fourth-order valence-corrected chi connectivity index (χ4v) is 2.71. The highest BCUT2D eigenvalue weighted by Crippen LogP contribution is 2.25. The number of benzene rings is 2. The van der Waals surface area contributed by atoms with E-state index in [0.29, 0.717) is 0 Å². The summed E-state index contributed by atoms with van der Waals surface area (Å²) < 4.78 is 5.52. The molecule has 21 heavy (non-hydrogen) atoms. The molecule has 0 saturated heterocycles. The van der Waals surface area contributed by atoms with Crippen LogP contribution in [0.15, 0.2) is 48.5 Å². The Hall–Kier alpha value is -1.84. The maximum absolute atomic E-state index is 9.54. The highest BCUT2D eigenvalue weighted by molar-refractivity contribution is 5.39. The highest BCUT2D eigenvalue weighted by Gasteiger charge is 2.13. The lowest BCUT2D eigenvalue weighted by molar-refractivity contribution is 0.241. The van der Waals surface area contributed by atoms with Crippen molar-refractivity contribution in [2.24, 2.45) is 0 Å². The SMILES string of the molecule is OC[C@@H](Cc1ccccc1)NCc1ccc2c(c1)CCO2. The Bertz CT molecular complexity index is 583. The van der Waals surface area contributed by atoms with Gasteiger partial charge in [-0.3, -0.25) is 0 Å². The summed E-state index contributed by atoms with van der Waals surface area (Å²) in [4.78, 5) is 0. The summed E-state index contributed by atoms with van der Waals surface area (Å²) in [6.07, 6.45) is 1.84. The molecule has 3 rings (SSSR count). The minimum absolute atomic E-state index is 0.0805. The van der Waals surface area contributed by atoms with Crippen molar-refractivity contribution in [2.75, 3.05) is 13.2 Å². The smallest absolute Gasteiger partial charge is 0.122 e. The molecule has 0 unspecified atom stereocenters. The van der Waals surface area contributed by atoms with E-state index in [9.17, 15) is 5.11 Å². The molecule has 2 N–H and O–H groups in total. The number of aliphatic hydroxyl groups is 1. The van der Waals surface area contributed by atoms with Crippen molar-refractivity contribution in [1.82, 2.24) is 5.32 Å².